The molecule has 0 aliphatic heterocycles. The number of carbonyl (C=O) groups is 1. The molecule has 0 radical (unpaired) electrons. The van der Waals surface area contributed by atoms with Crippen LogP contribution in [0.2, 0.25) is 0 Å². The van der Waals surface area contributed by atoms with Gasteiger partial charge in [-0.25, -0.2) is 4.98 Å². The van der Waals surface area contributed by atoms with E-state index in [1.165, 1.54) is 7.11 Å². The number of benzene rings is 1. The summed E-state index contributed by atoms with van der Waals surface area (Å²) in [5, 5.41) is 22.7. The lowest BCUT2D eigenvalue weighted by molar-refractivity contribution is 0.0574. The van der Waals surface area contributed by atoms with E-state index in [2.05, 4.69) is 22.3 Å². The first-order chi connectivity index (χ1) is 15.0. The smallest absolute Gasteiger partial charge is 0.260 e. The van der Waals surface area contributed by atoms with Crippen LogP contribution in [0.4, 0.5) is 5.82 Å². The Kier molecular flexibility index (Phi) is 4.82. The highest BCUT2D eigenvalue weighted by molar-refractivity contribution is 6.08. The van der Waals surface area contributed by atoms with Gasteiger partial charge in [0.2, 0.25) is 0 Å². The van der Waals surface area contributed by atoms with Gasteiger partial charge < -0.3 is 15.2 Å². The fourth-order valence-corrected chi connectivity index (χ4v) is 4.30. The van der Waals surface area contributed by atoms with Gasteiger partial charge in [-0.15, -0.1) is 0 Å². The molecule has 0 saturated heterocycles. The summed E-state index contributed by atoms with van der Waals surface area (Å²) in [4.78, 5) is 17.3. The Balaban J connectivity index is 1.46. The summed E-state index contributed by atoms with van der Waals surface area (Å²) in [6.07, 6.45) is 7.46. The van der Waals surface area contributed by atoms with Crippen LogP contribution >= 0.6 is 0 Å². The van der Waals surface area contributed by atoms with Crippen LogP contribution in [0, 0.1) is 5.92 Å². The summed E-state index contributed by atoms with van der Waals surface area (Å²) in [6, 6.07) is 7.42. The van der Waals surface area contributed by atoms with E-state index in [-0.39, 0.29) is 24.0 Å². The van der Waals surface area contributed by atoms with Crippen molar-refractivity contribution in [1.82, 2.24) is 24.4 Å². The molecule has 1 amide bonds. The molecule has 160 valence electrons. The monoisotopic (exact) mass is 420 g/mol. The zero-order chi connectivity index (χ0) is 21.5. The SMILES string of the molecule is COc1cc2nn([C@H]3CC[C@@H](O)[C@H](C)C3)cc2cc1C(=O)Nc1cnc2cccnn12. The van der Waals surface area contributed by atoms with Crippen molar-refractivity contribution < 1.29 is 14.6 Å². The van der Waals surface area contributed by atoms with E-state index in [1.807, 2.05) is 16.9 Å². The van der Waals surface area contributed by atoms with E-state index >= 15 is 0 Å². The van der Waals surface area contributed by atoms with Gasteiger partial charge in [-0.1, -0.05) is 6.92 Å². The van der Waals surface area contributed by atoms with Crippen molar-refractivity contribution >= 4 is 28.3 Å². The Hall–Kier alpha value is -3.46. The zero-order valence-corrected chi connectivity index (χ0v) is 17.4. The molecule has 3 aromatic heterocycles. The lowest BCUT2D eigenvalue weighted by Gasteiger charge is -2.31. The number of aliphatic hydroxyl groups excluding tert-OH is 1. The summed E-state index contributed by atoms with van der Waals surface area (Å²) in [5.74, 6) is 0.854. The number of aromatic nitrogens is 5. The third-order valence-electron chi connectivity index (χ3n) is 6.08. The van der Waals surface area contributed by atoms with Crippen LogP contribution in [0.1, 0.15) is 42.6 Å². The van der Waals surface area contributed by atoms with Crippen molar-refractivity contribution in [3.63, 3.8) is 0 Å². The molecular weight excluding hydrogens is 396 g/mol. The molecule has 4 aromatic rings. The zero-order valence-electron chi connectivity index (χ0n) is 17.4. The molecule has 3 heterocycles. The molecular formula is C22H24N6O3. The van der Waals surface area contributed by atoms with E-state index in [4.69, 9.17) is 9.84 Å². The number of aliphatic hydroxyl groups is 1. The molecule has 0 spiro atoms. The van der Waals surface area contributed by atoms with Gasteiger partial charge in [0.1, 0.15) is 5.75 Å². The highest BCUT2D eigenvalue weighted by Gasteiger charge is 2.28. The minimum Gasteiger partial charge on any atom is -0.496 e. The van der Waals surface area contributed by atoms with E-state index in [0.717, 1.165) is 30.2 Å². The number of nitrogens with zero attached hydrogens (tertiary/aromatic N) is 5. The molecule has 1 aliphatic carbocycles. The fraction of sp³-hybridized carbons (Fsp3) is 0.364. The van der Waals surface area contributed by atoms with Gasteiger partial charge in [0.15, 0.2) is 11.5 Å². The first kappa shape index (κ1) is 19.5. The maximum atomic E-state index is 13.1. The number of nitrogens with one attached hydrogen (secondary N) is 1. The molecule has 3 atom stereocenters. The number of hydrogen-bond acceptors (Lipinski definition) is 6. The molecule has 31 heavy (non-hydrogen) atoms. The quantitative estimate of drug-likeness (QED) is 0.526. The normalized spacial score (nSPS) is 21.5. The van der Waals surface area contributed by atoms with Gasteiger partial charge in [0, 0.05) is 23.8 Å². The number of imidazole rings is 1. The molecule has 5 rings (SSSR count). The van der Waals surface area contributed by atoms with Crippen molar-refractivity contribution in [2.45, 2.75) is 38.3 Å². The Morgan fingerprint density at radius 3 is 3.00 bits per heavy atom. The van der Waals surface area contributed by atoms with Crippen LogP contribution in [0.3, 0.4) is 0 Å². The van der Waals surface area contributed by atoms with Gasteiger partial charge in [-0.05, 0) is 43.4 Å². The Morgan fingerprint density at radius 2 is 2.19 bits per heavy atom. The molecule has 0 unspecified atom stereocenters. The van der Waals surface area contributed by atoms with Crippen molar-refractivity contribution in [1.29, 1.82) is 0 Å². The second-order valence-corrected chi connectivity index (χ2v) is 8.12. The first-order valence-corrected chi connectivity index (χ1v) is 10.4. The van der Waals surface area contributed by atoms with Crippen LogP contribution in [0.5, 0.6) is 5.75 Å². The van der Waals surface area contributed by atoms with Crippen molar-refractivity contribution in [2.75, 3.05) is 12.4 Å². The number of amides is 1. The van der Waals surface area contributed by atoms with Gasteiger partial charge in [0.25, 0.3) is 5.91 Å². The van der Waals surface area contributed by atoms with Crippen LogP contribution in [-0.2, 0) is 0 Å². The molecule has 9 nitrogen and oxygen atoms in total. The highest BCUT2D eigenvalue weighted by Crippen LogP contribution is 2.34. The Morgan fingerprint density at radius 1 is 1.32 bits per heavy atom. The van der Waals surface area contributed by atoms with Gasteiger partial charge >= 0.3 is 0 Å². The number of rotatable bonds is 4. The number of ether oxygens (including phenoxy) is 1. The van der Waals surface area contributed by atoms with Gasteiger partial charge in [-0.2, -0.15) is 14.7 Å². The topological polar surface area (TPSA) is 107 Å². The van der Waals surface area contributed by atoms with Gasteiger partial charge in [0.05, 0.1) is 36.5 Å². The Labute approximate surface area is 178 Å². The standard InChI is InChI=1S/C22H24N6O3/c1-13-8-15(5-6-18(13)29)27-12-14-9-16(19(31-2)10-17(14)26-27)22(30)25-21-11-23-20-4-3-7-24-28(20)21/h3-4,7,9-13,15,18,29H,5-6,8H2,1-2H3,(H,25,30)/t13-,15+,18-/m1/s1. The first-order valence-electron chi connectivity index (χ1n) is 10.4. The lowest BCUT2D eigenvalue weighted by atomic mass is 9.85. The second-order valence-electron chi connectivity index (χ2n) is 8.12. The number of methoxy groups -OCH3 is 1. The number of carbonyl (C=O) groups excluding carboxylic acids is 1. The third kappa shape index (κ3) is 3.50. The molecule has 1 aromatic carbocycles. The third-order valence-corrected chi connectivity index (χ3v) is 6.08. The molecule has 1 saturated carbocycles. The summed E-state index contributed by atoms with van der Waals surface area (Å²) in [6.45, 7) is 2.07. The minimum atomic E-state index is -0.312. The average Bonchev–Trinajstić information content (AvgIpc) is 3.38. The molecule has 1 fully saturated rings. The summed E-state index contributed by atoms with van der Waals surface area (Å²) in [5.41, 5.74) is 1.82. The molecule has 1 aliphatic rings. The summed E-state index contributed by atoms with van der Waals surface area (Å²) >= 11 is 0. The van der Waals surface area contributed by atoms with Crippen LogP contribution in [-0.4, -0.2) is 48.6 Å². The lowest BCUT2D eigenvalue weighted by Crippen LogP contribution is -2.28. The summed E-state index contributed by atoms with van der Waals surface area (Å²) in [7, 11) is 1.54. The Bertz CT molecular complexity index is 1260. The van der Waals surface area contributed by atoms with Crippen LogP contribution in [0.15, 0.2) is 42.9 Å². The largest absolute Gasteiger partial charge is 0.496 e. The van der Waals surface area contributed by atoms with Gasteiger partial charge in [-0.3, -0.25) is 9.48 Å². The average molecular weight is 420 g/mol. The fourth-order valence-electron chi connectivity index (χ4n) is 4.30. The number of fused-ring (bicyclic) bond motifs is 2. The van der Waals surface area contributed by atoms with Crippen LogP contribution < -0.4 is 10.1 Å². The predicted molar refractivity (Wildman–Crippen MR) is 115 cm³/mol. The van der Waals surface area contributed by atoms with Crippen LogP contribution in [0.25, 0.3) is 16.6 Å². The molecule has 0 bridgehead atoms. The molecule has 2 N–H and O–H groups in total. The number of hydrogen-bond donors (Lipinski definition) is 2. The highest BCUT2D eigenvalue weighted by atomic mass is 16.5. The molecule has 9 heteroatoms. The predicted octanol–water partition coefficient (Wildman–Crippen LogP) is 3.06. The van der Waals surface area contributed by atoms with E-state index in [0.29, 0.717) is 22.8 Å². The van der Waals surface area contributed by atoms with Crippen molar-refractivity contribution in [2.24, 2.45) is 5.92 Å². The maximum absolute atomic E-state index is 13.1. The van der Waals surface area contributed by atoms with E-state index in [9.17, 15) is 9.90 Å². The summed E-state index contributed by atoms with van der Waals surface area (Å²) < 4.78 is 9.02. The minimum absolute atomic E-state index is 0.235. The van der Waals surface area contributed by atoms with E-state index < -0.39 is 0 Å². The van der Waals surface area contributed by atoms with E-state index in [1.54, 1.807) is 35.1 Å². The maximum Gasteiger partial charge on any atom is 0.260 e. The second kappa shape index (κ2) is 7.66. The van der Waals surface area contributed by atoms with Crippen molar-refractivity contribution in [3.8, 4) is 5.75 Å². The van der Waals surface area contributed by atoms with Crippen molar-refractivity contribution in [3.05, 3.63) is 48.4 Å². The number of anilines is 1.